The van der Waals surface area contributed by atoms with Crippen LogP contribution in [0.25, 0.3) is 0 Å². The minimum absolute atomic E-state index is 0. The number of benzene rings is 2. The van der Waals surface area contributed by atoms with Crippen molar-refractivity contribution in [1.29, 1.82) is 5.26 Å². The number of thiol groups is 1. The van der Waals surface area contributed by atoms with Crippen molar-refractivity contribution in [3.8, 4) is 11.8 Å². The van der Waals surface area contributed by atoms with Crippen LogP contribution in [0.15, 0.2) is 41.3 Å². The van der Waals surface area contributed by atoms with Crippen molar-refractivity contribution in [1.82, 2.24) is 10.1 Å². The predicted molar refractivity (Wildman–Crippen MR) is 133 cm³/mol. The largest absolute Gasteiger partial charge is 0.490 e. The Morgan fingerprint density at radius 2 is 1.89 bits per heavy atom. The molecule has 2 aliphatic rings. The van der Waals surface area contributed by atoms with Crippen LogP contribution >= 0.6 is 23.5 Å². The van der Waals surface area contributed by atoms with Gasteiger partial charge in [0.05, 0.1) is 29.5 Å². The van der Waals surface area contributed by atoms with Gasteiger partial charge in [0.1, 0.15) is 5.54 Å². The number of nitrogens with one attached hydrogen (secondary N) is 2. The first-order valence-electron chi connectivity index (χ1n) is 11.2. The number of alkyl halides is 3. The van der Waals surface area contributed by atoms with Crippen molar-refractivity contribution in [2.24, 2.45) is 5.92 Å². The lowest BCUT2D eigenvalue weighted by atomic mass is 9.99. The molecule has 196 valence electrons. The quantitative estimate of drug-likeness (QED) is 0.357. The maximum Gasteiger partial charge on any atom is 0.417 e. The molecule has 1 unspecified atom stereocenters. The van der Waals surface area contributed by atoms with E-state index in [4.69, 9.17) is 10.00 Å². The van der Waals surface area contributed by atoms with Crippen LogP contribution in [-0.2, 0) is 11.0 Å². The Hall–Kier alpha value is -2.52. The number of nitriles is 1. The van der Waals surface area contributed by atoms with E-state index < -0.39 is 39.7 Å². The second-order valence-electron chi connectivity index (χ2n) is 9.09. The van der Waals surface area contributed by atoms with Gasteiger partial charge in [-0.05, 0) is 76.0 Å². The first-order valence-corrected chi connectivity index (χ1v) is 12.5. The van der Waals surface area contributed by atoms with Gasteiger partial charge in [0.2, 0.25) is 5.12 Å². The number of hydrogen-bond acceptors (Lipinski definition) is 6. The van der Waals surface area contributed by atoms with Gasteiger partial charge in [-0.2, -0.15) is 23.3 Å². The molecule has 0 spiro atoms. The van der Waals surface area contributed by atoms with E-state index >= 15 is 0 Å². The van der Waals surface area contributed by atoms with Crippen LogP contribution in [0.4, 0.5) is 23.2 Å². The molecule has 2 aliphatic heterocycles. The first-order chi connectivity index (χ1) is 16.5. The average Bonchev–Trinajstić information content (AvgIpc) is 3.07. The Balaban J connectivity index is 0.00000361. The number of carbonyl (C=O) groups excluding carboxylic acids is 1. The van der Waals surface area contributed by atoms with Crippen molar-refractivity contribution >= 4 is 34.3 Å². The van der Waals surface area contributed by atoms with Crippen LogP contribution in [0.3, 0.4) is 0 Å². The fraction of sp³-hybridized carbons (Fsp3) is 0.417. The summed E-state index contributed by atoms with van der Waals surface area (Å²) in [6, 6.07) is 9.16. The SMILES string of the molecule is CC1(C)C(=O)[SH](c2ccc(C#N)c(C(F)(F)F)c2)NN1c1ccc(OCC2CCNCC2)c(F)c1.Cl. The smallest absolute Gasteiger partial charge is 0.417 e. The summed E-state index contributed by atoms with van der Waals surface area (Å²) in [5, 5.41) is 13.5. The highest BCUT2D eigenvalue weighted by molar-refractivity contribution is 8.28. The molecule has 2 N–H and O–H groups in total. The molecule has 0 amide bonds. The minimum atomic E-state index is -4.73. The van der Waals surface area contributed by atoms with Gasteiger partial charge in [-0.25, -0.2) is 4.39 Å². The Morgan fingerprint density at radius 3 is 2.50 bits per heavy atom. The zero-order valence-corrected chi connectivity index (χ0v) is 21.4. The van der Waals surface area contributed by atoms with E-state index in [1.807, 2.05) is 0 Å². The zero-order chi connectivity index (χ0) is 25.4. The number of anilines is 1. The molecule has 6 nitrogen and oxygen atoms in total. The second-order valence-corrected chi connectivity index (χ2v) is 10.9. The molecule has 0 saturated carbocycles. The third kappa shape index (κ3) is 5.57. The van der Waals surface area contributed by atoms with Crippen molar-refractivity contribution in [2.75, 3.05) is 24.7 Å². The summed E-state index contributed by atoms with van der Waals surface area (Å²) in [5.41, 5.74) is -2.40. The number of halogens is 5. The molecule has 2 aromatic carbocycles. The third-order valence-electron chi connectivity index (χ3n) is 6.28. The van der Waals surface area contributed by atoms with Gasteiger partial charge in [0.25, 0.3) is 0 Å². The molecule has 0 aromatic heterocycles. The van der Waals surface area contributed by atoms with Crippen molar-refractivity contribution in [2.45, 2.75) is 43.3 Å². The molecule has 0 radical (unpaired) electrons. The molecular formula is C24H27ClF4N4O2S. The third-order valence-corrected chi connectivity index (χ3v) is 8.43. The van der Waals surface area contributed by atoms with Crippen LogP contribution in [0.5, 0.6) is 5.75 Å². The van der Waals surface area contributed by atoms with E-state index in [1.165, 1.54) is 29.3 Å². The molecule has 2 aromatic rings. The summed E-state index contributed by atoms with van der Waals surface area (Å²) in [5.74, 6) is -0.125. The second kappa shape index (κ2) is 10.8. The number of piperidine rings is 1. The number of carbonyl (C=O) groups is 1. The van der Waals surface area contributed by atoms with Gasteiger partial charge < -0.3 is 10.1 Å². The highest BCUT2D eigenvalue weighted by Crippen LogP contribution is 2.48. The van der Waals surface area contributed by atoms with Crippen molar-refractivity contribution in [3.63, 3.8) is 0 Å². The van der Waals surface area contributed by atoms with Gasteiger partial charge in [-0.1, -0.05) is 11.1 Å². The van der Waals surface area contributed by atoms with Crippen LogP contribution in [0.1, 0.15) is 37.8 Å². The standard InChI is InChI=1S/C24H26F4N4O2S.ClH/c1-23(2)22(33)35(18-5-3-16(13-29)19(12-18)24(26,27)28)31-32(23)17-4-6-21(20(25)11-17)34-14-15-7-9-30-10-8-15;/h3-6,11-12,15,30-31,35H,7-10,14H2,1-2H3;1H. The predicted octanol–water partition coefficient (Wildman–Crippen LogP) is 5.12. The molecular weight excluding hydrogens is 520 g/mol. The van der Waals surface area contributed by atoms with E-state index in [2.05, 4.69) is 10.1 Å². The van der Waals surface area contributed by atoms with E-state index in [-0.39, 0.29) is 28.2 Å². The maximum absolute atomic E-state index is 14.9. The Kier molecular flexibility index (Phi) is 8.45. The lowest BCUT2D eigenvalue weighted by Crippen LogP contribution is -2.46. The van der Waals surface area contributed by atoms with Gasteiger partial charge >= 0.3 is 6.18 Å². The van der Waals surface area contributed by atoms with Crippen molar-refractivity contribution < 1.29 is 27.1 Å². The molecule has 0 aliphatic carbocycles. The summed E-state index contributed by atoms with van der Waals surface area (Å²) < 4.78 is 60.9. The fourth-order valence-electron chi connectivity index (χ4n) is 4.20. The molecule has 1 atom stereocenters. The molecule has 0 bridgehead atoms. The number of rotatable bonds is 5. The topological polar surface area (TPSA) is 77.4 Å². The maximum atomic E-state index is 14.9. The number of nitrogens with zero attached hydrogens (tertiary/aromatic N) is 2. The van der Waals surface area contributed by atoms with Crippen LogP contribution < -0.4 is 19.9 Å². The molecule has 2 heterocycles. The van der Waals surface area contributed by atoms with E-state index in [0.717, 1.165) is 38.1 Å². The lowest BCUT2D eigenvalue weighted by Gasteiger charge is -2.30. The van der Waals surface area contributed by atoms with E-state index in [0.29, 0.717) is 18.2 Å². The Labute approximate surface area is 215 Å². The van der Waals surface area contributed by atoms with E-state index in [1.54, 1.807) is 19.9 Å². The van der Waals surface area contributed by atoms with Gasteiger partial charge in [0, 0.05) is 11.0 Å². The average molecular weight is 547 g/mol. The minimum Gasteiger partial charge on any atom is -0.490 e. The van der Waals surface area contributed by atoms with Gasteiger partial charge in [-0.3, -0.25) is 9.80 Å². The van der Waals surface area contributed by atoms with Gasteiger partial charge in [0.15, 0.2) is 11.6 Å². The Bertz CT molecular complexity index is 1170. The monoisotopic (exact) mass is 546 g/mol. The summed E-state index contributed by atoms with van der Waals surface area (Å²) in [4.78, 5) is 16.3. The number of hydrogen-bond donors (Lipinski definition) is 3. The zero-order valence-electron chi connectivity index (χ0n) is 19.7. The van der Waals surface area contributed by atoms with Gasteiger partial charge in [-0.15, -0.1) is 12.4 Å². The summed E-state index contributed by atoms with van der Waals surface area (Å²) in [6.07, 6.45) is -2.81. The fourth-order valence-corrected chi connectivity index (χ4v) is 6.34. The Morgan fingerprint density at radius 1 is 1.19 bits per heavy atom. The van der Waals surface area contributed by atoms with E-state index in [9.17, 15) is 22.4 Å². The van der Waals surface area contributed by atoms with Crippen molar-refractivity contribution in [3.05, 3.63) is 53.3 Å². The molecule has 2 saturated heterocycles. The summed E-state index contributed by atoms with van der Waals surface area (Å²) >= 11 is -1.90. The number of hydrazine groups is 1. The molecule has 36 heavy (non-hydrogen) atoms. The molecule has 2 fully saturated rings. The normalized spacial score (nSPS) is 21.1. The first kappa shape index (κ1) is 28.1. The van der Waals surface area contributed by atoms with Crippen LogP contribution in [-0.4, -0.2) is 30.4 Å². The number of ether oxygens (including phenoxy) is 1. The van der Waals surface area contributed by atoms with Crippen LogP contribution in [0, 0.1) is 23.1 Å². The molecule has 4 rings (SSSR count). The highest BCUT2D eigenvalue weighted by atomic mass is 35.5. The molecule has 12 heteroatoms. The summed E-state index contributed by atoms with van der Waals surface area (Å²) in [7, 11) is 0. The lowest BCUT2D eigenvalue weighted by molar-refractivity contribution is -0.138. The highest BCUT2D eigenvalue weighted by Gasteiger charge is 2.47. The summed E-state index contributed by atoms with van der Waals surface area (Å²) in [6.45, 7) is 5.48. The van der Waals surface area contributed by atoms with Crippen LogP contribution in [0.2, 0.25) is 0 Å².